The molecule has 1 saturated heterocycles. The SMILES string of the molecule is CCCNC(CCCC1CCC(C)(C)O1)C(C)C. The van der Waals surface area contributed by atoms with Gasteiger partial charge >= 0.3 is 0 Å². The monoisotopic (exact) mass is 255 g/mol. The number of nitrogens with one attached hydrogen (secondary N) is 1. The molecule has 0 spiro atoms. The second-order valence-corrected chi connectivity index (χ2v) is 6.77. The number of hydrogen-bond donors (Lipinski definition) is 1. The van der Waals surface area contributed by atoms with Crippen molar-refractivity contribution in [2.75, 3.05) is 6.54 Å². The lowest BCUT2D eigenvalue weighted by Crippen LogP contribution is -2.34. The molecule has 1 heterocycles. The van der Waals surface area contributed by atoms with Crippen LogP contribution >= 0.6 is 0 Å². The molecule has 0 radical (unpaired) electrons. The molecule has 2 atom stereocenters. The molecule has 2 unspecified atom stereocenters. The fourth-order valence-electron chi connectivity index (χ4n) is 2.85. The molecule has 1 aliphatic rings. The van der Waals surface area contributed by atoms with Gasteiger partial charge in [-0.1, -0.05) is 20.8 Å². The summed E-state index contributed by atoms with van der Waals surface area (Å²) in [6.07, 6.45) is 8.03. The minimum absolute atomic E-state index is 0.128. The van der Waals surface area contributed by atoms with Crippen LogP contribution in [-0.4, -0.2) is 24.3 Å². The van der Waals surface area contributed by atoms with E-state index in [0.29, 0.717) is 12.1 Å². The molecule has 18 heavy (non-hydrogen) atoms. The lowest BCUT2D eigenvalue weighted by molar-refractivity contribution is -0.0194. The highest BCUT2D eigenvalue weighted by Gasteiger charge is 2.31. The highest BCUT2D eigenvalue weighted by atomic mass is 16.5. The van der Waals surface area contributed by atoms with Crippen molar-refractivity contribution >= 4 is 0 Å². The van der Waals surface area contributed by atoms with Gasteiger partial charge in [0, 0.05) is 6.04 Å². The summed E-state index contributed by atoms with van der Waals surface area (Å²) in [4.78, 5) is 0. The van der Waals surface area contributed by atoms with E-state index >= 15 is 0 Å². The van der Waals surface area contributed by atoms with Gasteiger partial charge in [0.25, 0.3) is 0 Å². The van der Waals surface area contributed by atoms with Crippen LogP contribution in [-0.2, 0) is 4.74 Å². The molecule has 0 saturated carbocycles. The summed E-state index contributed by atoms with van der Waals surface area (Å²) in [5, 5.41) is 3.67. The largest absolute Gasteiger partial charge is 0.372 e. The van der Waals surface area contributed by atoms with Crippen molar-refractivity contribution < 1.29 is 4.74 Å². The topological polar surface area (TPSA) is 21.3 Å². The maximum Gasteiger partial charge on any atom is 0.0631 e. The third-order valence-corrected chi connectivity index (χ3v) is 4.06. The molecule has 1 rings (SSSR count). The minimum Gasteiger partial charge on any atom is -0.372 e. The van der Waals surface area contributed by atoms with Crippen molar-refractivity contribution in [1.29, 1.82) is 0 Å². The minimum atomic E-state index is 0.128. The highest BCUT2D eigenvalue weighted by molar-refractivity contribution is 4.81. The lowest BCUT2D eigenvalue weighted by atomic mass is 9.96. The van der Waals surface area contributed by atoms with Crippen LogP contribution in [0.25, 0.3) is 0 Å². The van der Waals surface area contributed by atoms with Crippen molar-refractivity contribution in [2.45, 2.75) is 90.9 Å². The number of rotatable bonds is 8. The normalized spacial score (nSPS) is 24.7. The maximum atomic E-state index is 6.05. The van der Waals surface area contributed by atoms with Crippen molar-refractivity contribution in [3.8, 4) is 0 Å². The Bertz CT molecular complexity index is 225. The van der Waals surface area contributed by atoms with E-state index in [-0.39, 0.29) is 5.60 Å². The number of hydrogen-bond acceptors (Lipinski definition) is 2. The first kappa shape index (κ1) is 16.0. The standard InChI is InChI=1S/C16H33NO/c1-6-12-17-15(13(2)3)9-7-8-14-10-11-16(4,5)18-14/h13-15,17H,6-12H2,1-5H3. The van der Waals surface area contributed by atoms with Crippen molar-refractivity contribution in [1.82, 2.24) is 5.32 Å². The van der Waals surface area contributed by atoms with E-state index in [4.69, 9.17) is 4.74 Å². The quantitative estimate of drug-likeness (QED) is 0.704. The molecule has 0 bridgehead atoms. The average Bonchev–Trinajstić information content (AvgIpc) is 2.62. The van der Waals surface area contributed by atoms with Crippen LogP contribution < -0.4 is 5.32 Å². The Labute approximate surface area is 114 Å². The summed E-state index contributed by atoms with van der Waals surface area (Å²) in [6, 6.07) is 0.680. The van der Waals surface area contributed by atoms with Crippen molar-refractivity contribution in [3.63, 3.8) is 0 Å². The third-order valence-electron chi connectivity index (χ3n) is 4.06. The first-order valence-corrected chi connectivity index (χ1v) is 7.86. The van der Waals surface area contributed by atoms with Gasteiger partial charge in [0.2, 0.25) is 0 Å². The molecule has 0 aliphatic carbocycles. The Morgan fingerprint density at radius 3 is 2.56 bits per heavy atom. The molecular formula is C16H33NO. The van der Waals surface area contributed by atoms with E-state index in [1.165, 1.54) is 38.5 Å². The number of ether oxygens (including phenoxy) is 1. The summed E-state index contributed by atoms with van der Waals surface area (Å²) in [7, 11) is 0. The third kappa shape index (κ3) is 5.71. The van der Waals surface area contributed by atoms with E-state index in [9.17, 15) is 0 Å². The van der Waals surface area contributed by atoms with Crippen LogP contribution in [0.5, 0.6) is 0 Å². The molecule has 108 valence electrons. The van der Waals surface area contributed by atoms with Gasteiger partial charge < -0.3 is 10.1 Å². The van der Waals surface area contributed by atoms with Crippen LogP contribution in [0.4, 0.5) is 0 Å². The zero-order valence-corrected chi connectivity index (χ0v) is 13.1. The summed E-state index contributed by atoms with van der Waals surface area (Å²) < 4.78 is 6.05. The molecule has 2 nitrogen and oxygen atoms in total. The Balaban J connectivity index is 2.18. The molecule has 0 aromatic heterocycles. The predicted octanol–water partition coefficient (Wildman–Crippen LogP) is 4.14. The van der Waals surface area contributed by atoms with Gasteiger partial charge in [-0.2, -0.15) is 0 Å². The van der Waals surface area contributed by atoms with Crippen LogP contribution in [0.2, 0.25) is 0 Å². The smallest absolute Gasteiger partial charge is 0.0631 e. The van der Waals surface area contributed by atoms with Gasteiger partial charge in [-0.15, -0.1) is 0 Å². The Morgan fingerprint density at radius 1 is 1.33 bits per heavy atom. The fourth-order valence-corrected chi connectivity index (χ4v) is 2.85. The molecular weight excluding hydrogens is 222 g/mol. The second kappa shape index (κ2) is 7.49. The van der Waals surface area contributed by atoms with Crippen LogP contribution in [0, 0.1) is 5.92 Å². The van der Waals surface area contributed by atoms with E-state index in [1.807, 2.05) is 0 Å². The van der Waals surface area contributed by atoms with Gasteiger partial charge in [0.15, 0.2) is 0 Å². The van der Waals surface area contributed by atoms with E-state index in [0.717, 1.165) is 12.5 Å². The molecule has 2 heteroatoms. The molecule has 1 aliphatic heterocycles. The average molecular weight is 255 g/mol. The summed E-state index contributed by atoms with van der Waals surface area (Å²) >= 11 is 0. The summed E-state index contributed by atoms with van der Waals surface area (Å²) in [5.41, 5.74) is 0.128. The fraction of sp³-hybridized carbons (Fsp3) is 1.00. The van der Waals surface area contributed by atoms with Gasteiger partial charge in [0.1, 0.15) is 0 Å². The molecule has 1 N–H and O–H groups in total. The first-order valence-electron chi connectivity index (χ1n) is 7.86. The van der Waals surface area contributed by atoms with Gasteiger partial charge in [0.05, 0.1) is 11.7 Å². The Hall–Kier alpha value is -0.0800. The van der Waals surface area contributed by atoms with Crippen LogP contribution in [0.3, 0.4) is 0 Å². The van der Waals surface area contributed by atoms with Crippen LogP contribution in [0.1, 0.15) is 73.1 Å². The predicted molar refractivity (Wildman–Crippen MR) is 79.0 cm³/mol. The molecule has 1 fully saturated rings. The molecule has 0 aromatic rings. The zero-order chi connectivity index (χ0) is 13.6. The Kier molecular flexibility index (Phi) is 6.65. The molecule has 0 amide bonds. The zero-order valence-electron chi connectivity index (χ0n) is 13.1. The van der Waals surface area contributed by atoms with Gasteiger partial charge in [-0.3, -0.25) is 0 Å². The Morgan fingerprint density at radius 2 is 2.06 bits per heavy atom. The summed E-state index contributed by atoms with van der Waals surface area (Å²) in [6.45, 7) is 12.5. The second-order valence-electron chi connectivity index (χ2n) is 6.77. The maximum absolute atomic E-state index is 6.05. The van der Waals surface area contributed by atoms with E-state index in [1.54, 1.807) is 0 Å². The van der Waals surface area contributed by atoms with Crippen molar-refractivity contribution in [3.05, 3.63) is 0 Å². The lowest BCUT2D eigenvalue weighted by Gasteiger charge is -2.23. The highest BCUT2D eigenvalue weighted by Crippen LogP contribution is 2.31. The van der Waals surface area contributed by atoms with Crippen LogP contribution in [0.15, 0.2) is 0 Å². The van der Waals surface area contributed by atoms with Gasteiger partial charge in [-0.05, 0) is 64.8 Å². The molecule has 0 aromatic carbocycles. The van der Waals surface area contributed by atoms with Gasteiger partial charge in [-0.25, -0.2) is 0 Å². The van der Waals surface area contributed by atoms with E-state index in [2.05, 4.69) is 39.9 Å². The van der Waals surface area contributed by atoms with E-state index < -0.39 is 0 Å². The first-order chi connectivity index (χ1) is 8.44. The summed E-state index contributed by atoms with van der Waals surface area (Å²) in [5.74, 6) is 0.734. The van der Waals surface area contributed by atoms with Crippen molar-refractivity contribution in [2.24, 2.45) is 5.92 Å².